The molecule has 0 aliphatic heterocycles. The van der Waals surface area contributed by atoms with Gasteiger partial charge in [0.15, 0.2) is 5.13 Å². The lowest BCUT2D eigenvalue weighted by molar-refractivity contribution is 0.0603. The van der Waals surface area contributed by atoms with Crippen LogP contribution >= 0.6 is 22.9 Å². The van der Waals surface area contributed by atoms with Crippen molar-refractivity contribution in [2.75, 3.05) is 25.3 Å². The number of ether oxygens (including phenoxy) is 2. The maximum Gasteiger partial charge on any atom is 0.350 e. The zero-order chi connectivity index (χ0) is 19.6. The number of nitrogens with zero attached hydrogens (tertiary/aromatic N) is 1. The van der Waals surface area contributed by atoms with E-state index in [0.717, 1.165) is 11.3 Å². The van der Waals surface area contributed by atoms with E-state index < -0.39 is 17.3 Å². The number of anilines is 2. The molecule has 0 saturated carbocycles. The summed E-state index contributed by atoms with van der Waals surface area (Å²) in [6, 6.07) is 2.89. The van der Waals surface area contributed by atoms with Crippen LogP contribution in [0.3, 0.4) is 0 Å². The number of aromatic nitrogens is 1. The molecule has 1 amide bonds. The van der Waals surface area contributed by atoms with Crippen LogP contribution in [0.1, 0.15) is 46.5 Å². The summed E-state index contributed by atoms with van der Waals surface area (Å²) in [4.78, 5) is 29.4. The molecule has 140 valence electrons. The van der Waals surface area contributed by atoms with Gasteiger partial charge in [0.2, 0.25) is 0 Å². The molecular formula is C17H20ClN3O4S. The number of nitrogens with two attached hydrogens (primary N) is 1. The number of hydrogen-bond acceptors (Lipinski definition) is 7. The van der Waals surface area contributed by atoms with Crippen LogP contribution in [0.4, 0.5) is 10.8 Å². The lowest BCUT2D eigenvalue weighted by Crippen LogP contribution is -2.17. The number of rotatable bonds is 4. The van der Waals surface area contributed by atoms with E-state index in [1.54, 1.807) is 0 Å². The lowest BCUT2D eigenvalue weighted by atomic mass is 9.91. The molecule has 2 aromatic rings. The summed E-state index contributed by atoms with van der Waals surface area (Å²) < 4.78 is 10.00. The summed E-state index contributed by atoms with van der Waals surface area (Å²) in [7, 11) is 2.73. The summed E-state index contributed by atoms with van der Waals surface area (Å²) in [5.74, 6) is -0.694. The number of carbonyl (C=O) groups excluding carboxylic acids is 2. The molecular weight excluding hydrogens is 378 g/mol. The molecule has 3 N–H and O–H groups in total. The van der Waals surface area contributed by atoms with E-state index in [1.165, 1.54) is 26.4 Å². The number of nitrogens with one attached hydrogen (secondary N) is 1. The first-order chi connectivity index (χ1) is 12.1. The molecule has 26 heavy (non-hydrogen) atoms. The Morgan fingerprint density at radius 2 is 1.92 bits per heavy atom. The van der Waals surface area contributed by atoms with E-state index in [4.69, 9.17) is 26.8 Å². The molecule has 0 spiro atoms. The standard InChI is InChI=1S/C17H20ClN3O4S/c1-17(2,3)13-12(15(23)25-5)26-16(20-13)21-14(22)8-6-9(18)10(19)7-11(8)24-4/h6-7H,19H2,1-5H3,(H,20,21,22). The first-order valence-corrected chi connectivity index (χ1v) is 8.82. The van der Waals surface area contributed by atoms with Gasteiger partial charge in [-0.3, -0.25) is 10.1 Å². The molecule has 0 fully saturated rings. The Morgan fingerprint density at radius 3 is 2.46 bits per heavy atom. The van der Waals surface area contributed by atoms with Crippen molar-refractivity contribution < 1.29 is 19.1 Å². The van der Waals surface area contributed by atoms with Gasteiger partial charge >= 0.3 is 5.97 Å². The van der Waals surface area contributed by atoms with Crippen molar-refractivity contribution in [1.29, 1.82) is 0 Å². The van der Waals surface area contributed by atoms with Crippen LogP contribution in [-0.4, -0.2) is 31.1 Å². The Bertz CT molecular complexity index is 858. The van der Waals surface area contributed by atoms with Crippen LogP contribution in [0.5, 0.6) is 5.75 Å². The van der Waals surface area contributed by atoms with Gasteiger partial charge in [0.25, 0.3) is 5.91 Å². The highest BCUT2D eigenvalue weighted by Gasteiger charge is 2.28. The summed E-state index contributed by atoms with van der Waals surface area (Å²) in [5, 5.41) is 3.18. The molecule has 0 radical (unpaired) electrons. The molecule has 0 aliphatic carbocycles. The maximum absolute atomic E-state index is 12.6. The average Bonchev–Trinajstić information content (AvgIpc) is 3.00. The van der Waals surface area contributed by atoms with Gasteiger partial charge in [-0.25, -0.2) is 9.78 Å². The molecule has 9 heteroatoms. The minimum absolute atomic E-state index is 0.207. The number of carbonyl (C=O) groups is 2. The van der Waals surface area contributed by atoms with E-state index in [1.807, 2.05) is 20.8 Å². The first kappa shape index (κ1) is 20.0. The van der Waals surface area contributed by atoms with Crippen LogP contribution in [0, 0.1) is 0 Å². The Morgan fingerprint density at radius 1 is 1.27 bits per heavy atom. The summed E-state index contributed by atoms with van der Waals surface area (Å²) in [6.07, 6.45) is 0. The van der Waals surface area contributed by atoms with Crippen molar-refractivity contribution in [3.8, 4) is 5.75 Å². The van der Waals surface area contributed by atoms with E-state index in [0.29, 0.717) is 16.3 Å². The molecule has 0 bridgehead atoms. The molecule has 1 heterocycles. The third-order valence-electron chi connectivity index (χ3n) is 3.49. The van der Waals surface area contributed by atoms with Gasteiger partial charge in [0.05, 0.1) is 36.2 Å². The highest BCUT2D eigenvalue weighted by Crippen LogP contribution is 2.34. The van der Waals surface area contributed by atoms with Crippen molar-refractivity contribution in [2.45, 2.75) is 26.2 Å². The molecule has 0 unspecified atom stereocenters. The van der Waals surface area contributed by atoms with Crippen LogP contribution in [0.15, 0.2) is 12.1 Å². The number of esters is 1. The fourth-order valence-corrected chi connectivity index (χ4v) is 3.45. The summed E-state index contributed by atoms with van der Waals surface area (Å²) >= 11 is 7.05. The van der Waals surface area contributed by atoms with Crippen molar-refractivity contribution >= 4 is 45.6 Å². The van der Waals surface area contributed by atoms with Crippen LogP contribution in [-0.2, 0) is 10.2 Å². The quantitative estimate of drug-likeness (QED) is 0.601. The van der Waals surface area contributed by atoms with Gasteiger partial charge in [-0.15, -0.1) is 0 Å². The van der Waals surface area contributed by atoms with E-state index >= 15 is 0 Å². The predicted molar refractivity (Wildman–Crippen MR) is 103 cm³/mol. The molecule has 1 aromatic heterocycles. The number of amides is 1. The van der Waals surface area contributed by atoms with Gasteiger partial charge in [-0.2, -0.15) is 0 Å². The van der Waals surface area contributed by atoms with Gasteiger partial charge < -0.3 is 15.2 Å². The monoisotopic (exact) mass is 397 g/mol. The summed E-state index contributed by atoms with van der Waals surface area (Å²) in [6.45, 7) is 5.76. The molecule has 7 nitrogen and oxygen atoms in total. The molecule has 2 rings (SSSR count). The minimum Gasteiger partial charge on any atom is -0.496 e. The molecule has 0 aliphatic rings. The largest absolute Gasteiger partial charge is 0.496 e. The van der Waals surface area contributed by atoms with E-state index in [-0.39, 0.29) is 21.5 Å². The SMILES string of the molecule is COC(=O)c1sc(NC(=O)c2cc(Cl)c(N)cc2OC)nc1C(C)(C)C. The normalized spacial score (nSPS) is 11.2. The minimum atomic E-state index is -0.499. The van der Waals surface area contributed by atoms with Gasteiger partial charge in [-0.05, 0) is 6.07 Å². The second-order valence-corrected chi connectivity index (χ2v) is 7.87. The number of methoxy groups -OCH3 is 2. The number of thiazole rings is 1. The van der Waals surface area contributed by atoms with Crippen molar-refractivity contribution in [2.24, 2.45) is 0 Å². The molecule has 1 aromatic carbocycles. The average molecular weight is 398 g/mol. The van der Waals surface area contributed by atoms with Crippen molar-refractivity contribution in [3.63, 3.8) is 0 Å². The number of nitrogen functional groups attached to an aromatic ring is 1. The van der Waals surface area contributed by atoms with Crippen molar-refractivity contribution in [1.82, 2.24) is 4.98 Å². The Hall–Kier alpha value is -2.32. The summed E-state index contributed by atoms with van der Waals surface area (Å²) in [5.41, 5.74) is 6.39. The van der Waals surface area contributed by atoms with Crippen LogP contribution in [0.2, 0.25) is 5.02 Å². The molecule has 0 saturated heterocycles. The fraction of sp³-hybridized carbons (Fsp3) is 0.353. The van der Waals surface area contributed by atoms with Crippen LogP contribution < -0.4 is 15.8 Å². The zero-order valence-corrected chi connectivity index (χ0v) is 16.7. The smallest absolute Gasteiger partial charge is 0.350 e. The van der Waals surface area contributed by atoms with E-state index in [9.17, 15) is 9.59 Å². The topological polar surface area (TPSA) is 104 Å². The number of benzene rings is 1. The number of halogens is 1. The second kappa shape index (κ2) is 7.51. The first-order valence-electron chi connectivity index (χ1n) is 7.62. The maximum atomic E-state index is 12.6. The van der Waals surface area contributed by atoms with Gasteiger partial charge in [0.1, 0.15) is 10.6 Å². The lowest BCUT2D eigenvalue weighted by Gasteiger charge is -2.16. The number of hydrogen-bond donors (Lipinski definition) is 2. The van der Waals surface area contributed by atoms with Gasteiger partial charge in [0, 0.05) is 11.5 Å². The Kier molecular flexibility index (Phi) is 5.77. The Labute approximate surface area is 160 Å². The van der Waals surface area contributed by atoms with E-state index in [2.05, 4.69) is 10.3 Å². The third-order valence-corrected chi connectivity index (χ3v) is 4.77. The highest BCUT2D eigenvalue weighted by atomic mass is 35.5. The fourth-order valence-electron chi connectivity index (χ4n) is 2.19. The zero-order valence-electron chi connectivity index (χ0n) is 15.1. The van der Waals surface area contributed by atoms with Crippen molar-refractivity contribution in [3.05, 3.63) is 33.3 Å². The third kappa shape index (κ3) is 4.08. The molecule has 0 atom stereocenters. The van der Waals surface area contributed by atoms with Crippen LogP contribution in [0.25, 0.3) is 0 Å². The highest BCUT2D eigenvalue weighted by molar-refractivity contribution is 7.17. The van der Waals surface area contributed by atoms with Gasteiger partial charge in [-0.1, -0.05) is 43.7 Å². The second-order valence-electron chi connectivity index (χ2n) is 6.47. The predicted octanol–water partition coefficient (Wildman–Crippen LogP) is 3.72. The Balaban J connectivity index is 2.40.